The lowest BCUT2D eigenvalue weighted by molar-refractivity contribution is -0.283. The van der Waals surface area contributed by atoms with Crippen LogP contribution in [-0.2, 0) is 67.7 Å². The van der Waals surface area contributed by atoms with Gasteiger partial charge >= 0.3 is 0 Å². The van der Waals surface area contributed by atoms with E-state index in [0.29, 0.717) is 23.1 Å². The van der Waals surface area contributed by atoms with Crippen molar-refractivity contribution < 1.29 is 14.2 Å². The summed E-state index contributed by atoms with van der Waals surface area (Å²) in [6.07, 6.45) is 10.4. The van der Waals surface area contributed by atoms with E-state index in [1.165, 1.54) is 66.8 Å². The number of hydrogen-bond donors (Lipinski definition) is 4. The Morgan fingerprint density at radius 3 is 0.831 bits per heavy atom. The first-order valence-corrected chi connectivity index (χ1v) is 29.4. The lowest BCUT2D eigenvalue weighted by Gasteiger charge is -2.29. The van der Waals surface area contributed by atoms with Crippen LogP contribution in [0.25, 0.3) is 66.4 Å². The van der Waals surface area contributed by atoms with Crippen LogP contribution < -0.4 is 9.47 Å². The average molecular weight is 1030 g/mol. The van der Waals surface area contributed by atoms with Crippen LogP contribution in [0.15, 0.2) is 48.5 Å². The average Bonchev–Trinajstić information content (AvgIpc) is 4.33. The maximum atomic E-state index is 7.83. The van der Waals surface area contributed by atoms with E-state index >= 15 is 0 Å². The van der Waals surface area contributed by atoms with Gasteiger partial charge in [-0.1, -0.05) is 96.9 Å². The summed E-state index contributed by atoms with van der Waals surface area (Å²) in [5.74, 6) is -2.40. The SMILES string of the molecule is CCC1=C(CC)c2cc3[nH]c(cc4[nH]c(cc5nc(cc1n2)O[C@]51O[C@]2(Oc5cc6nc(cc7[nH]c(cc8[nH]c(cc2n5)c(CC)c8CC)c(CC)c7CC)C(CC)=C6CC)[C@@H](C)[C@@H]1C)c(CC)c4CC)c(CC)c3CC. The van der Waals surface area contributed by atoms with Crippen LogP contribution in [0.1, 0.15) is 201 Å². The maximum absolute atomic E-state index is 7.83. The molecule has 11 nitrogen and oxygen atoms in total. The molecular weight excluding hydrogens is 953 g/mol. The summed E-state index contributed by atoms with van der Waals surface area (Å²) < 4.78 is 22.7. The molecule has 77 heavy (non-hydrogen) atoms. The Bertz CT molecular complexity index is 3540. The number of aromatic nitrogens is 8. The number of hydrogen-bond acceptors (Lipinski definition) is 7. The van der Waals surface area contributed by atoms with Gasteiger partial charge in [0.1, 0.15) is 11.4 Å². The van der Waals surface area contributed by atoms with Crippen molar-refractivity contribution in [2.45, 2.75) is 186 Å². The number of H-pyrrole nitrogens is 4. The van der Waals surface area contributed by atoms with Crippen molar-refractivity contribution in [3.05, 3.63) is 127 Å². The first-order chi connectivity index (χ1) is 37.3. The number of allylic oxidation sites excluding steroid dienone is 4. The number of nitrogens with zero attached hydrogens (tertiary/aromatic N) is 4. The van der Waals surface area contributed by atoms with Crippen molar-refractivity contribution in [1.29, 1.82) is 0 Å². The van der Waals surface area contributed by atoms with E-state index in [2.05, 4.69) is 153 Å². The first kappa shape index (κ1) is 52.3. The molecule has 2 spiro atoms. The summed E-state index contributed by atoms with van der Waals surface area (Å²) in [7, 11) is 0. The first-order valence-electron chi connectivity index (χ1n) is 29.4. The molecule has 11 heterocycles. The molecule has 402 valence electrons. The van der Waals surface area contributed by atoms with Crippen LogP contribution in [0, 0.1) is 11.8 Å². The van der Waals surface area contributed by atoms with Crippen LogP contribution in [0.2, 0.25) is 0 Å². The smallest absolute Gasteiger partial charge is 0.262 e. The van der Waals surface area contributed by atoms with Gasteiger partial charge in [0.15, 0.2) is 0 Å². The molecule has 11 rings (SSSR count). The Hall–Kier alpha value is -6.72. The highest BCUT2D eigenvalue weighted by molar-refractivity contribution is 5.94. The van der Waals surface area contributed by atoms with E-state index in [1.807, 2.05) is 12.1 Å². The fraction of sp³-hybridized carbons (Fsp3) is 0.455. The van der Waals surface area contributed by atoms with Gasteiger partial charge in [-0.05, 0) is 180 Å². The molecule has 1 saturated heterocycles. The number of ether oxygens (including phenoxy) is 3. The number of rotatable bonds is 12. The second-order valence-electron chi connectivity index (χ2n) is 21.6. The number of fused-ring (bicyclic) bond motifs is 18. The Morgan fingerprint density at radius 1 is 0.325 bits per heavy atom. The van der Waals surface area contributed by atoms with Gasteiger partial charge in [0.2, 0.25) is 11.8 Å². The molecule has 0 aliphatic carbocycles. The molecule has 5 aliphatic heterocycles. The Labute approximate surface area is 454 Å². The zero-order chi connectivity index (χ0) is 54.2. The molecular formula is C66H80N8O3. The van der Waals surface area contributed by atoms with Crippen molar-refractivity contribution in [2.75, 3.05) is 0 Å². The van der Waals surface area contributed by atoms with E-state index in [1.54, 1.807) is 0 Å². The zero-order valence-corrected chi connectivity index (χ0v) is 48.3. The van der Waals surface area contributed by atoms with Crippen LogP contribution in [0.4, 0.5) is 0 Å². The topological polar surface area (TPSA) is 142 Å². The van der Waals surface area contributed by atoms with Gasteiger partial charge in [-0.15, -0.1) is 0 Å². The minimum atomic E-state index is -1.38. The lowest BCUT2D eigenvalue weighted by Crippen LogP contribution is -2.39. The van der Waals surface area contributed by atoms with Gasteiger partial charge in [-0.2, -0.15) is 0 Å². The molecule has 0 unspecified atom stereocenters. The number of nitrogens with one attached hydrogen (secondary N) is 4. The van der Waals surface area contributed by atoms with Crippen molar-refractivity contribution in [3.63, 3.8) is 0 Å². The third-order valence-corrected chi connectivity index (χ3v) is 18.0. The fourth-order valence-electron chi connectivity index (χ4n) is 14.1. The van der Waals surface area contributed by atoms with Crippen molar-refractivity contribution in [3.8, 4) is 11.8 Å². The summed E-state index contributed by atoms with van der Waals surface area (Å²) in [6.45, 7) is 31.4. The molecule has 4 atom stereocenters. The molecule has 6 aromatic heterocycles. The second-order valence-corrected chi connectivity index (χ2v) is 21.6. The summed E-state index contributed by atoms with van der Waals surface area (Å²) >= 11 is 0. The second kappa shape index (κ2) is 20.3. The molecule has 0 saturated carbocycles. The molecule has 6 aromatic rings. The Balaban J connectivity index is 1.20. The molecule has 4 N–H and O–H groups in total. The zero-order valence-electron chi connectivity index (χ0n) is 48.3. The highest BCUT2D eigenvalue weighted by Crippen LogP contribution is 2.60. The summed E-state index contributed by atoms with van der Waals surface area (Å²) in [5.41, 5.74) is 29.1. The normalized spacial score (nSPS) is 20.1. The maximum Gasteiger partial charge on any atom is 0.262 e. The van der Waals surface area contributed by atoms with E-state index in [-0.39, 0.29) is 11.8 Å². The van der Waals surface area contributed by atoms with Gasteiger partial charge in [0.05, 0.1) is 22.8 Å². The predicted octanol–water partition coefficient (Wildman–Crippen LogP) is 16.4. The molecule has 0 radical (unpaired) electrons. The van der Waals surface area contributed by atoms with Gasteiger partial charge in [-0.25, -0.2) is 19.9 Å². The van der Waals surface area contributed by atoms with Crippen LogP contribution in [-0.4, -0.2) is 39.9 Å². The van der Waals surface area contributed by atoms with E-state index < -0.39 is 11.6 Å². The summed E-state index contributed by atoms with van der Waals surface area (Å²) in [4.78, 5) is 37.5. The van der Waals surface area contributed by atoms with Gasteiger partial charge in [0.25, 0.3) is 11.6 Å². The largest absolute Gasteiger partial charge is 0.439 e. The van der Waals surface area contributed by atoms with Gasteiger partial charge < -0.3 is 29.4 Å². The van der Waals surface area contributed by atoms with E-state index in [9.17, 15) is 0 Å². The third kappa shape index (κ3) is 8.06. The molecule has 5 aliphatic rings. The number of aryl methyl sites for hydroxylation is 8. The van der Waals surface area contributed by atoms with Crippen molar-refractivity contribution in [2.24, 2.45) is 11.8 Å². The predicted molar refractivity (Wildman–Crippen MR) is 316 cm³/mol. The third-order valence-electron chi connectivity index (χ3n) is 18.0. The van der Waals surface area contributed by atoms with E-state index in [4.69, 9.17) is 34.1 Å². The summed E-state index contributed by atoms with van der Waals surface area (Å²) in [6, 6.07) is 17.7. The molecule has 0 amide bonds. The van der Waals surface area contributed by atoms with Crippen LogP contribution in [0.3, 0.4) is 0 Å². The monoisotopic (exact) mass is 1030 g/mol. The van der Waals surface area contributed by atoms with Crippen LogP contribution in [0.5, 0.6) is 11.8 Å². The molecule has 0 aromatic carbocycles. The van der Waals surface area contributed by atoms with E-state index in [0.717, 1.165) is 144 Å². The fourth-order valence-corrected chi connectivity index (χ4v) is 14.1. The molecule has 11 heteroatoms. The standard InChI is InChI=1S/C66H80N8O3/c1-15-37-39(17-3)51-29-55-43(21-7)47(25-11)59(71-55)33-63-73-61(31-57-45(23-9)41(19-5)53(69-57)27-49(37)67-51)65(75-63)35(13)36(14)66(77-65)62-32-58-46(24-10)42(20-6)54(70-58)28-50-38(16-2)40(18-4)52(68-50)30-56-44(22-8)48(26-12)60(72-56)34-64(74-62)76-66/h27-36,67-70H,15-26H2,1-14H3/t35-,36-,65+,66+/m0/s1. The van der Waals surface area contributed by atoms with Gasteiger partial charge in [-0.3, -0.25) is 4.74 Å². The Morgan fingerprint density at radius 2 is 0.571 bits per heavy atom. The molecule has 1 fully saturated rings. The van der Waals surface area contributed by atoms with Crippen molar-refractivity contribution >= 4 is 66.4 Å². The lowest BCUT2D eigenvalue weighted by atomic mass is 9.84. The minimum Gasteiger partial charge on any atom is -0.439 e. The molecule has 16 bridgehead atoms. The van der Waals surface area contributed by atoms with Crippen molar-refractivity contribution in [1.82, 2.24) is 39.9 Å². The number of aromatic amines is 4. The quantitative estimate of drug-likeness (QED) is 0.0956. The summed E-state index contributed by atoms with van der Waals surface area (Å²) in [5, 5.41) is 0. The van der Waals surface area contributed by atoms with Gasteiger partial charge in [0, 0.05) is 68.1 Å². The van der Waals surface area contributed by atoms with Crippen LogP contribution >= 0.6 is 0 Å². The highest BCUT2D eigenvalue weighted by Gasteiger charge is 2.68. The highest BCUT2D eigenvalue weighted by atomic mass is 16.8. The Kier molecular flexibility index (Phi) is 13.8. The minimum absolute atomic E-state index is 0.276.